The van der Waals surface area contributed by atoms with Crippen molar-refractivity contribution in [2.24, 2.45) is 0 Å². The van der Waals surface area contributed by atoms with Crippen LogP contribution in [0, 0.1) is 0 Å². The molecule has 118 valence electrons. The lowest BCUT2D eigenvalue weighted by atomic mass is 10.0. The van der Waals surface area contributed by atoms with Gasteiger partial charge in [0.05, 0.1) is 6.54 Å². The van der Waals surface area contributed by atoms with Crippen LogP contribution in [0.2, 0.25) is 0 Å². The zero-order valence-corrected chi connectivity index (χ0v) is 13.7. The van der Waals surface area contributed by atoms with Crippen molar-refractivity contribution in [3.8, 4) is 5.75 Å². The van der Waals surface area contributed by atoms with Gasteiger partial charge in [0, 0.05) is 13.6 Å². The molecule has 0 saturated heterocycles. The summed E-state index contributed by atoms with van der Waals surface area (Å²) in [6, 6.07) is 8.06. The maximum absolute atomic E-state index is 11.8. The van der Waals surface area contributed by atoms with E-state index in [1.807, 2.05) is 19.2 Å². The molecule has 21 heavy (non-hydrogen) atoms. The van der Waals surface area contributed by atoms with Gasteiger partial charge < -0.3 is 15.0 Å². The smallest absolute Gasteiger partial charge is 0.317 e. The van der Waals surface area contributed by atoms with Crippen molar-refractivity contribution in [1.82, 2.24) is 10.2 Å². The van der Waals surface area contributed by atoms with Crippen LogP contribution in [0.1, 0.15) is 45.1 Å². The van der Waals surface area contributed by atoms with Crippen LogP contribution >= 0.6 is 0 Å². The van der Waals surface area contributed by atoms with Crippen LogP contribution in [0.4, 0.5) is 4.79 Å². The van der Waals surface area contributed by atoms with E-state index in [-0.39, 0.29) is 6.03 Å². The number of carbonyl (C=O) groups excluding carboxylic acids is 1. The Morgan fingerprint density at radius 3 is 2.81 bits per heavy atom. The van der Waals surface area contributed by atoms with Gasteiger partial charge in [0.15, 0.2) is 0 Å². The van der Waals surface area contributed by atoms with E-state index >= 15 is 0 Å². The molecule has 2 amide bonds. The third-order valence-corrected chi connectivity index (χ3v) is 3.37. The molecule has 1 rings (SSSR count). The molecule has 4 nitrogen and oxygen atoms in total. The minimum atomic E-state index is -0.0389. The second kappa shape index (κ2) is 9.27. The lowest BCUT2D eigenvalue weighted by Gasteiger charge is -2.17. The van der Waals surface area contributed by atoms with Crippen LogP contribution < -0.4 is 10.1 Å². The molecule has 0 heterocycles. The zero-order chi connectivity index (χ0) is 15.7. The standard InChI is InChI=1S/C17H28N2O2/c1-5-6-11-19(4)17(20)18-10-12-21-16-9-7-8-15(13-16)14(2)3/h7-9,13-14H,5-6,10-12H2,1-4H3,(H,18,20). The van der Waals surface area contributed by atoms with Crippen molar-refractivity contribution in [3.63, 3.8) is 0 Å². The zero-order valence-electron chi connectivity index (χ0n) is 13.7. The Morgan fingerprint density at radius 2 is 2.14 bits per heavy atom. The molecule has 0 bridgehead atoms. The Hall–Kier alpha value is -1.71. The number of nitrogens with one attached hydrogen (secondary N) is 1. The van der Waals surface area contributed by atoms with E-state index in [0.717, 1.165) is 25.1 Å². The monoisotopic (exact) mass is 292 g/mol. The molecule has 0 saturated carbocycles. The summed E-state index contributed by atoms with van der Waals surface area (Å²) in [5.74, 6) is 1.34. The minimum absolute atomic E-state index is 0.0389. The lowest BCUT2D eigenvalue weighted by molar-refractivity contribution is 0.204. The SMILES string of the molecule is CCCCN(C)C(=O)NCCOc1cccc(C(C)C)c1. The van der Waals surface area contributed by atoms with Crippen molar-refractivity contribution >= 4 is 6.03 Å². The molecule has 4 heteroatoms. The number of unbranched alkanes of at least 4 members (excludes halogenated alkanes) is 1. The molecule has 0 spiro atoms. The van der Waals surface area contributed by atoms with E-state index in [9.17, 15) is 4.79 Å². The topological polar surface area (TPSA) is 41.6 Å². The number of ether oxygens (including phenoxy) is 1. The summed E-state index contributed by atoms with van der Waals surface area (Å²) >= 11 is 0. The highest BCUT2D eigenvalue weighted by Gasteiger charge is 2.06. The van der Waals surface area contributed by atoms with E-state index < -0.39 is 0 Å². The summed E-state index contributed by atoms with van der Waals surface area (Å²) in [5.41, 5.74) is 1.26. The van der Waals surface area contributed by atoms with Crippen LogP contribution in [0.3, 0.4) is 0 Å². The first kappa shape index (κ1) is 17.3. The van der Waals surface area contributed by atoms with Gasteiger partial charge in [0.25, 0.3) is 0 Å². The number of amides is 2. The molecule has 0 aliphatic heterocycles. The summed E-state index contributed by atoms with van der Waals surface area (Å²) in [7, 11) is 1.82. The van der Waals surface area contributed by atoms with Crippen molar-refractivity contribution in [1.29, 1.82) is 0 Å². The maximum Gasteiger partial charge on any atom is 0.317 e. The van der Waals surface area contributed by atoms with Crippen LogP contribution in [-0.4, -0.2) is 37.7 Å². The number of hydrogen-bond donors (Lipinski definition) is 1. The van der Waals surface area contributed by atoms with Crippen molar-refractivity contribution in [2.45, 2.75) is 39.5 Å². The van der Waals surface area contributed by atoms with Crippen LogP contribution in [-0.2, 0) is 0 Å². The van der Waals surface area contributed by atoms with Crippen molar-refractivity contribution < 1.29 is 9.53 Å². The quantitative estimate of drug-likeness (QED) is 0.743. The highest BCUT2D eigenvalue weighted by atomic mass is 16.5. The molecule has 0 radical (unpaired) electrons. The van der Waals surface area contributed by atoms with Gasteiger partial charge >= 0.3 is 6.03 Å². The number of hydrogen-bond acceptors (Lipinski definition) is 2. The van der Waals surface area contributed by atoms with Gasteiger partial charge in [0.1, 0.15) is 12.4 Å². The molecule has 0 atom stereocenters. The highest BCUT2D eigenvalue weighted by Crippen LogP contribution is 2.19. The Kier molecular flexibility index (Phi) is 7.65. The number of carbonyl (C=O) groups is 1. The third-order valence-electron chi connectivity index (χ3n) is 3.37. The van der Waals surface area contributed by atoms with Gasteiger partial charge in [-0.05, 0) is 30.0 Å². The summed E-state index contributed by atoms with van der Waals surface area (Å²) in [5, 5.41) is 2.86. The molecule has 1 aromatic rings. The van der Waals surface area contributed by atoms with Gasteiger partial charge in [-0.1, -0.05) is 39.3 Å². The van der Waals surface area contributed by atoms with Gasteiger partial charge in [-0.25, -0.2) is 4.79 Å². The second-order valence-corrected chi connectivity index (χ2v) is 5.58. The fourth-order valence-corrected chi connectivity index (χ4v) is 1.92. The fourth-order valence-electron chi connectivity index (χ4n) is 1.92. The molecular formula is C17H28N2O2. The molecule has 1 aromatic carbocycles. The van der Waals surface area contributed by atoms with E-state index in [1.54, 1.807) is 4.90 Å². The third kappa shape index (κ3) is 6.52. The maximum atomic E-state index is 11.8. The van der Waals surface area contributed by atoms with Crippen LogP contribution in [0.5, 0.6) is 5.75 Å². The minimum Gasteiger partial charge on any atom is -0.492 e. The van der Waals surface area contributed by atoms with Gasteiger partial charge in [0.2, 0.25) is 0 Å². The summed E-state index contributed by atoms with van der Waals surface area (Å²) < 4.78 is 5.67. The van der Waals surface area contributed by atoms with E-state index in [4.69, 9.17) is 4.74 Å². The number of nitrogens with zero attached hydrogens (tertiary/aromatic N) is 1. The number of rotatable bonds is 8. The molecule has 0 aliphatic rings. The molecule has 0 unspecified atom stereocenters. The number of benzene rings is 1. The van der Waals surface area contributed by atoms with Crippen molar-refractivity contribution in [2.75, 3.05) is 26.7 Å². The first-order valence-corrected chi connectivity index (χ1v) is 7.76. The second-order valence-electron chi connectivity index (χ2n) is 5.58. The molecule has 0 fully saturated rings. The average Bonchev–Trinajstić information content (AvgIpc) is 2.49. The first-order valence-electron chi connectivity index (χ1n) is 7.76. The highest BCUT2D eigenvalue weighted by molar-refractivity contribution is 5.73. The van der Waals surface area contributed by atoms with Gasteiger partial charge in [-0.3, -0.25) is 0 Å². The fraction of sp³-hybridized carbons (Fsp3) is 0.588. The predicted molar refractivity (Wildman–Crippen MR) is 87.0 cm³/mol. The molecule has 0 aromatic heterocycles. The average molecular weight is 292 g/mol. The first-order chi connectivity index (χ1) is 10.0. The van der Waals surface area contributed by atoms with E-state index in [0.29, 0.717) is 19.1 Å². The predicted octanol–water partition coefficient (Wildman–Crippen LogP) is 3.63. The van der Waals surface area contributed by atoms with E-state index in [1.165, 1.54) is 5.56 Å². The van der Waals surface area contributed by atoms with Crippen molar-refractivity contribution in [3.05, 3.63) is 29.8 Å². The van der Waals surface area contributed by atoms with Gasteiger partial charge in [-0.15, -0.1) is 0 Å². The van der Waals surface area contributed by atoms with Gasteiger partial charge in [-0.2, -0.15) is 0 Å². The molecular weight excluding hydrogens is 264 g/mol. The number of urea groups is 1. The summed E-state index contributed by atoms with van der Waals surface area (Å²) in [6.45, 7) is 8.22. The van der Waals surface area contributed by atoms with Crippen LogP contribution in [0.25, 0.3) is 0 Å². The van der Waals surface area contributed by atoms with Crippen LogP contribution in [0.15, 0.2) is 24.3 Å². The lowest BCUT2D eigenvalue weighted by Crippen LogP contribution is -2.39. The molecule has 1 N–H and O–H groups in total. The Labute approximate surface area is 128 Å². The van der Waals surface area contributed by atoms with E-state index in [2.05, 4.69) is 38.2 Å². The Bertz CT molecular complexity index is 433. The largest absolute Gasteiger partial charge is 0.492 e. The normalized spacial score (nSPS) is 10.5. The summed E-state index contributed by atoms with van der Waals surface area (Å²) in [4.78, 5) is 13.5. The Balaban J connectivity index is 2.27. The summed E-state index contributed by atoms with van der Waals surface area (Å²) in [6.07, 6.45) is 2.12. The molecule has 0 aliphatic carbocycles. The Morgan fingerprint density at radius 1 is 1.38 bits per heavy atom.